The average Bonchev–Trinajstić information content (AvgIpc) is 3.05. The topological polar surface area (TPSA) is 69.6 Å². The van der Waals surface area contributed by atoms with Crippen LogP contribution in [-0.2, 0) is 11.2 Å². The highest BCUT2D eigenvalue weighted by Crippen LogP contribution is 2.24. The number of aliphatic carboxylic acids is 1. The number of carbonyl (C=O) groups excluding carboxylic acids is 1. The third-order valence-electron chi connectivity index (χ3n) is 4.39. The molecule has 1 saturated carbocycles. The molecule has 23 heavy (non-hydrogen) atoms. The Morgan fingerprint density at radius 3 is 2.61 bits per heavy atom. The van der Waals surface area contributed by atoms with Gasteiger partial charge in [-0.3, -0.25) is 4.79 Å². The zero-order chi connectivity index (χ0) is 16.7. The van der Waals surface area contributed by atoms with Crippen LogP contribution in [0.25, 0.3) is 0 Å². The van der Waals surface area contributed by atoms with Crippen molar-refractivity contribution in [2.45, 2.75) is 51.5 Å². The number of rotatable bonds is 7. The van der Waals surface area contributed by atoms with Crippen LogP contribution in [0.5, 0.6) is 0 Å². The minimum Gasteiger partial charge on any atom is -0.481 e. The van der Waals surface area contributed by atoms with E-state index in [1.54, 1.807) is 11.3 Å². The molecule has 2 N–H and O–H groups in total. The lowest BCUT2D eigenvalue weighted by molar-refractivity contribution is -0.142. The third-order valence-corrected chi connectivity index (χ3v) is 5.33. The van der Waals surface area contributed by atoms with Gasteiger partial charge in [0, 0.05) is 24.0 Å². The maximum atomic E-state index is 12.5. The monoisotopic (exact) mass is 338 g/mol. The molecular formula is C17H26N2O3S. The quantitative estimate of drug-likeness (QED) is 0.801. The van der Waals surface area contributed by atoms with E-state index in [1.807, 2.05) is 11.0 Å². The Morgan fingerprint density at radius 2 is 2.04 bits per heavy atom. The summed E-state index contributed by atoms with van der Waals surface area (Å²) in [7, 11) is 0. The van der Waals surface area contributed by atoms with Gasteiger partial charge < -0.3 is 15.3 Å². The van der Waals surface area contributed by atoms with Gasteiger partial charge >= 0.3 is 12.0 Å². The molecule has 2 rings (SSSR count). The predicted octanol–water partition coefficient (Wildman–Crippen LogP) is 3.36. The second kappa shape index (κ2) is 8.91. The fraction of sp³-hybridized carbons (Fsp3) is 0.647. The number of nitrogens with one attached hydrogen (secondary N) is 1. The minimum atomic E-state index is -0.710. The normalized spacial score (nSPS) is 20.9. The summed E-state index contributed by atoms with van der Waals surface area (Å²) in [5.74, 6) is -0.952. The molecule has 0 saturated heterocycles. The molecule has 5 nitrogen and oxygen atoms in total. The number of carboxylic acids is 1. The Kier molecular flexibility index (Phi) is 6.89. The lowest BCUT2D eigenvalue weighted by Gasteiger charge is -2.30. The van der Waals surface area contributed by atoms with Gasteiger partial charge in [0.1, 0.15) is 0 Å². The molecule has 1 heterocycles. The molecule has 0 aliphatic heterocycles. The minimum absolute atomic E-state index is 0.0119. The first kappa shape index (κ1) is 17.8. The van der Waals surface area contributed by atoms with Crippen molar-refractivity contribution < 1.29 is 14.7 Å². The fourth-order valence-electron chi connectivity index (χ4n) is 3.04. The summed E-state index contributed by atoms with van der Waals surface area (Å²) in [5, 5.41) is 14.2. The fourth-order valence-corrected chi connectivity index (χ4v) is 3.73. The maximum absolute atomic E-state index is 12.5. The van der Waals surface area contributed by atoms with Crippen LogP contribution in [0.3, 0.4) is 0 Å². The number of carboxylic acid groups (broad SMARTS) is 1. The van der Waals surface area contributed by atoms with Gasteiger partial charge in [0.2, 0.25) is 0 Å². The number of amides is 2. The Hall–Kier alpha value is -1.56. The molecule has 0 aromatic carbocycles. The van der Waals surface area contributed by atoms with Crippen molar-refractivity contribution in [1.82, 2.24) is 10.2 Å². The maximum Gasteiger partial charge on any atom is 0.317 e. The molecule has 1 aliphatic carbocycles. The number of hydrogen-bond donors (Lipinski definition) is 2. The van der Waals surface area contributed by atoms with Crippen LogP contribution in [0, 0.1) is 5.92 Å². The summed E-state index contributed by atoms with van der Waals surface area (Å²) in [5.41, 5.74) is 0. The Labute approximate surface area is 141 Å². The third kappa shape index (κ3) is 5.53. The molecule has 1 aromatic rings. The van der Waals surface area contributed by atoms with Gasteiger partial charge in [-0.25, -0.2) is 4.79 Å². The molecule has 0 atom stereocenters. The molecule has 0 bridgehead atoms. The van der Waals surface area contributed by atoms with Gasteiger partial charge in [-0.1, -0.05) is 13.0 Å². The van der Waals surface area contributed by atoms with Gasteiger partial charge in [0.25, 0.3) is 0 Å². The molecule has 2 amide bonds. The smallest absolute Gasteiger partial charge is 0.317 e. The number of hydrogen-bond acceptors (Lipinski definition) is 3. The number of carbonyl (C=O) groups is 2. The van der Waals surface area contributed by atoms with E-state index < -0.39 is 5.97 Å². The van der Waals surface area contributed by atoms with Crippen molar-refractivity contribution >= 4 is 23.3 Å². The van der Waals surface area contributed by atoms with Crippen molar-refractivity contribution in [3.8, 4) is 0 Å². The summed E-state index contributed by atoms with van der Waals surface area (Å²) in [6.45, 7) is 3.55. The Balaban J connectivity index is 1.80. The van der Waals surface area contributed by atoms with Crippen molar-refractivity contribution in [3.63, 3.8) is 0 Å². The molecule has 0 spiro atoms. The van der Waals surface area contributed by atoms with Crippen molar-refractivity contribution in [3.05, 3.63) is 22.4 Å². The van der Waals surface area contributed by atoms with Gasteiger partial charge in [-0.05, 0) is 50.0 Å². The first-order valence-electron chi connectivity index (χ1n) is 8.40. The van der Waals surface area contributed by atoms with E-state index in [-0.39, 0.29) is 18.0 Å². The van der Waals surface area contributed by atoms with Crippen molar-refractivity contribution in [2.75, 3.05) is 13.1 Å². The molecular weight excluding hydrogens is 312 g/mol. The lowest BCUT2D eigenvalue weighted by Crippen LogP contribution is -2.47. The molecule has 6 heteroatoms. The van der Waals surface area contributed by atoms with Gasteiger partial charge in [-0.15, -0.1) is 11.3 Å². The SMILES string of the molecule is CCCN(CCc1cccs1)C(=O)NC1CCC(C(=O)O)CC1. The first-order valence-corrected chi connectivity index (χ1v) is 9.28. The predicted molar refractivity (Wildman–Crippen MR) is 91.8 cm³/mol. The number of thiophene rings is 1. The van der Waals surface area contributed by atoms with Gasteiger partial charge in [0.15, 0.2) is 0 Å². The summed E-state index contributed by atoms with van der Waals surface area (Å²) in [4.78, 5) is 26.6. The second-order valence-electron chi connectivity index (χ2n) is 6.15. The zero-order valence-corrected chi connectivity index (χ0v) is 14.5. The van der Waals surface area contributed by atoms with Gasteiger partial charge in [-0.2, -0.15) is 0 Å². The van der Waals surface area contributed by atoms with E-state index in [2.05, 4.69) is 23.7 Å². The van der Waals surface area contributed by atoms with E-state index in [0.717, 1.165) is 38.8 Å². The summed E-state index contributed by atoms with van der Waals surface area (Å²) in [6.07, 6.45) is 4.65. The highest BCUT2D eigenvalue weighted by Gasteiger charge is 2.27. The molecule has 0 unspecified atom stereocenters. The number of urea groups is 1. The Morgan fingerprint density at radius 1 is 1.30 bits per heavy atom. The molecule has 1 aromatic heterocycles. The van der Waals surface area contributed by atoms with Crippen molar-refractivity contribution in [1.29, 1.82) is 0 Å². The van der Waals surface area contributed by atoms with Crippen LogP contribution >= 0.6 is 11.3 Å². The van der Waals surface area contributed by atoms with Crippen LogP contribution in [0.4, 0.5) is 4.79 Å². The average molecular weight is 338 g/mol. The van der Waals surface area contributed by atoms with Crippen LogP contribution in [0.15, 0.2) is 17.5 Å². The lowest BCUT2D eigenvalue weighted by atomic mass is 9.86. The summed E-state index contributed by atoms with van der Waals surface area (Å²) >= 11 is 1.72. The van der Waals surface area contributed by atoms with Crippen LogP contribution in [0.2, 0.25) is 0 Å². The van der Waals surface area contributed by atoms with Crippen molar-refractivity contribution in [2.24, 2.45) is 5.92 Å². The molecule has 1 fully saturated rings. The highest BCUT2D eigenvalue weighted by atomic mass is 32.1. The van der Waals surface area contributed by atoms with Crippen LogP contribution < -0.4 is 5.32 Å². The van der Waals surface area contributed by atoms with Crippen LogP contribution in [-0.4, -0.2) is 41.1 Å². The van der Waals surface area contributed by atoms with E-state index >= 15 is 0 Å². The highest BCUT2D eigenvalue weighted by molar-refractivity contribution is 7.09. The number of nitrogens with zero attached hydrogens (tertiary/aromatic N) is 1. The summed E-state index contributed by atoms with van der Waals surface area (Å²) < 4.78 is 0. The van der Waals surface area contributed by atoms with E-state index in [4.69, 9.17) is 5.11 Å². The second-order valence-corrected chi connectivity index (χ2v) is 7.18. The van der Waals surface area contributed by atoms with E-state index in [0.29, 0.717) is 12.8 Å². The largest absolute Gasteiger partial charge is 0.481 e. The van der Waals surface area contributed by atoms with E-state index in [1.165, 1.54) is 4.88 Å². The molecule has 0 radical (unpaired) electrons. The standard InChI is InChI=1S/C17H26N2O3S/c1-2-10-19(11-9-15-4-3-12-23-15)17(22)18-14-7-5-13(6-8-14)16(20)21/h3-4,12-14H,2,5-11H2,1H3,(H,18,22)(H,20,21). The molecule has 128 valence electrons. The summed E-state index contributed by atoms with van der Waals surface area (Å²) in [6, 6.07) is 4.23. The zero-order valence-electron chi connectivity index (χ0n) is 13.7. The van der Waals surface area contributed by atoms with E-state index in [9.17, 15) is 9.59 Å². The van der Waals surface area contributed by atoms with Gasteiger partial charge in [0.05, 0.1) is 5.92 Å². The van der Waals surface area contributed by atoms with Crippen LogP contribution in [0.1, 0.15) is 43.9 Å². The molecule has 1 aliphatic rings. The Bertz CT molecular complexity index is 496. The first-order chi connectivity index (χ1) is 11.1.